The van der Waals surface area contributed by atoms with Gasteiger partial charge in [0, 0.05) is 6.61 Å². The van der Waals surface area contributed by atoms with Gasteiger partial charge in [-0.1, -0.05) is 30.3 Å². The van der Waals surface area contributed by atoms with Gasteiger partial charge in [-0.3, -0.25) is 4.79 Å². The summed E-state index contributed by atoms with van der Waals surface area (Å²) in [5.74, 6) is -1.58. The summed E-state index contributed by atoms with van der Waals surface area (Å²) in [6, 6.07) is 8.02. The molecule has 1 saturated heterocycles. The van der Waals surface area contributed by atoms with Crippen molar-refractivity contribution in [2.45, 2.75) is 24.2 Å². The molecule has 0 aliphatic carbocycles. The minimum absolute atomic E-state index is 0.237. The maximum atomic E-state index is 12.3. The topological polar surface area (TPSA) is 80.7 Å². The first-order chi connectivity index (χ1) is 9.00. The Morgan fingerprint density at radius 2 is 2.05 bits per heavy atom. The van der Waals surface area contributed by atoms with E-state index in [9.17, 15) is 18.3 Å². The van der Waals surface area contributed by atoms with Gasteiger partial charge in [-0.25, -0.2) is 8.42 Å². The maximum absolute atomic E-state index is 12.3. The zero-order valence-corrected chi connectivity index (χ0v) is 11.2. The van der Waals surface area contributed by atoms with E-state index in [4.69, 9.17) is 4.74 Å². The monoisotopic (exact) mass is 284 g/mol. The Kier molecular flexibility index (Phi) is 4.21. The van der Waals surface area contributed by atoms with Crippen molar-refractivity contribution in [1.29, 1.82) is 0 Å². The highest BCUT2D eigenvalue weighted by Gasteiger charge is 2.36. The molecule has 1 heterocycles. The highest BCUT2D eigenvalue weighted by atomic mass is 32.2. The standard InChI is InChI=1S/C13H16O5S/c14-13(15)12(10-5-2-1-3-6-10)19(16,17)9-11-7-4-8-18-11/h1-3,5-6,11-12H,4,7-9H2,(H,14,15). The molecular formula is C13H16O5S. The average molecular weight is 284 g/mol. The first-order valence-corrected chi connectivity index (χ1v) is 7.83. The zero-order valence-electron chi connectivity index (χ0n) is 10.4. The van der Waals surface area contributed by atoms with Crippen molar-refractivity contribution < 1.29 is 23.1 Å². The minimum atomic E-state index is -3.78. The van der Waals surface area contributed by atoms with Crippen molar-refractivity contribution in [2.24, 2.45) is 0 Å². The summed E-state index contributed by atoms with van der Waals surface area (Å²) in [4.78, 5) is 11.3. The second-order valence-corrected chi connectivity index (χ2v) is 6.72. The van der Waals surface area contributed by atoms with Crippen LogP contribution in [-0.4, -0.2) is 38.0 Å². The SMILES string of the molecule is O=C(O)C(c1ccccc1)S(=O)(=O)CC1CCCO1. The van der Waals surface area contributed by atoms with Gasteiger partial charge in [-0.05, 0) is 18.4 Å². The van der Waals surface area contributed by atoms with Gasteiger partial charge < -0.3 is 9.84 Å². The lowest BCUT2D eigenvalue weighted by Gasteiger charge is -2.16. The van der Waals surface area contributed by atoms with Gasteiger partial charge in [0.2, 0.25) is 0 Å². The van der Waals surface area contributed by atoms with Crippen molar-refractivity contribution in [3.8, 4) is 0 Å². The Balaban J connectivity index is 2.25. The third kappa shape index (κ3) is 3.33. The number of carboxylic acids is 1. The number of aliphatic carboxylic acids is 1. The van der Waals surface area contributed by atoms with Crippen LogP contribution in [0.1, 0.15) is 23.7 Å². The number of hydrogen-bond acceptors (Lipinski definition) is 4. The molecule has 2 rings (SSSR count). The number of sulfone groups is 1. The number of hydrogen-bond donors (Lipinski definition) is 1. The smallest absolute Gasteiger partial charge is 0.326 e. The van der Waals surface area contributed by atoms with E-state index < -0.39 is 21.1 Å². The second kappa shape index (κ2) is 5.71. The Labute approximate surface area is 112 Å². The van der Waals surface area contributed by atoms with E-state index in [0.29, 0.717) is 13.0 Å². The number of carbonyl (C=O) groups is 1. The van der Waals surface area contributed by atoms with Crippen LogP contribution in [0.5, 0.6) is 0 Å². The summed E-state index contributed by atoms with van der Waals surface area (Å²) in [5.41, 5.74) is 0.285. The molecule has 0 bridgehead atoms. The van der Waals surface area contributed by atoms with Gasteiger partial charge >= 0.3 is 5.97 Å². The van der Waals surface area contributed by atoms with Crippen LogP contribution in [-0.2, 0) is 19.4 Å². The van der Waals surface area contributed by atoms with Crippen LogP contribution >= 0.6 is 0 Å². The van der Waals surface area contributed by atoms with Crippen molar-refractivity contribution >= 4 is 15.8 Å². The van der Waals surface area contributed by atoms with Gasteiger partial charge in [-0.2, -0.15) is 0 Å². The summed E-state index contributed by atoms with van der Waals surface area (Å²) in [7, 11) is -3.78. The van der Waals surface area contributed by atoms with E-state index in [-0.39, 0.29) is 17.4 Å². The lowest BCUT2D eigenvalue weighted by molar-refractivity contribution is -0.136. The first kappa shape index (κ1) is 14.0. The fourth-order valence-electron chi connectivity index (χ4n) is 2.26. The quantitative estimate of drug-likeness (QED) is 0.884. The van der Waals surface area contributed by atoms with Crippen LogP contribution in [0, 0.1) is 0 Å². The van der Waals surface area contributed by atoms with Crippen LogP contribution in [0.3, 0.4) is 0 Å². The summed E-state index contributed by atoms with van der Waals surface area (Å²) >= 11 is 0. The largest absolute Gasteiger partial charge is 0.480 e. The molecule has 5 nitrogen and oxygen atoms in total. The molecule has 2 unspecified atom stereocenters. The Morgan fingerprint density at radius 1 is 1.37 bits per heavy atom. The van der Waals surface area contributed by atoms with E-state index in [1.165, 1.54) is 12.1 Å². The van der Waals surface area contributed by atoms with Gasteiger partial charge in [-0.15, -0.1) is 0 Å². The molecule has 0 spiro atoms. The molecule has 0 radical (unpaired) electrons. The van der Waals surface area contributed by atoms with Crippen LogP contribution < -0.4 is 0 Å². The molecule has 1 aromatic rings. The van der Waals surface area contributed by atoms with Crippen molar-refractivity contribution in [2.75, 3.05) is 12.4 Å². The van der Waals surface area contributed by atoms with Crippen LogP contribution in [0.15, 0.2) is 30.3 Å². The number of benzene rings is 1. The van der Waals surface area contributed by atoms with Gasteiger partial charge in [0.15, 0.2) is 15.1 Å². The average Bonchev–Trinajstić information content (AvgIpc) is 2.81. The maximum Gasteiger partial charge on any atom is 0.326 e. The van der Waals surface area contributed by atoms with Crippen LogP contribution in [0.4, 0.5) is 0 Å². The number of ether oxygens (including phenoxy) is 1. The minimum Gasteiger partial charge on any atom is -0.480 e. The normalized spacial score (nSPS) is 21.2. The number of carboxylic acid groups (broad SMARTS) is 1. The van der Waals surface area contributed by atoms with Crippen LogP contribution in [0.25, 0.3) is 0 Å². The summed E-state index contributed by atoms with van der Waals surface area (Å²) in [6.45, 7) is 0.545. The zero-order chi connectivity index (χ0) is 13.9. The highest BCUT2D eigenvalue weighted by molar-refractivity contribution is 7.92. The molecule has 1 aromatic carbocycles. The molecule has 2 atom stereocenters. The van der Waals surface area contributed by atoms with Crippen molar-refractivity contribution in [3.05, 3.63) is 35.9 Å². The molecule has 19 heavy (non-hydrogen) atoms. The second-order valence-electron chi connectivity index (χ2n) is 4.59. The van der Waals surface area contributed by atoms with Crippen molar-refractivity contribution in [1.82, 2.24) is 0 Å². The Hall–Kier alpha value is -1.40. The predicted molar refractivity (Wildman–Crippen MR) is 69.6 cm³/mol. The Morgan fingerprint density at radius 3 is 2.58 bits per heavy atom. The van der Waals surface area contributed by atoms with Crippen LogP contribution in [0.2, 0.25) is 0 Å². The molecule has 0 amide bonds. The molecule has 0 aromatic heterocycles. The van der Waals surface area contributed by atoms with Gasteiger partial charge in [0.25, 0.3) is 0 Å². The van der Waals surface area contributed by atoms with E-state index in [2.05, 4.69) is 0 Å². The fourth-order valence-corrected chi connectivity index (χ4v) is 4.12. The van der Waals surface area contributed by atoms with Gasteiger partial charge in [0.1, 0.15) is 0 Å². The Bertz CT molecular complexity index is 531. The third-order valence-electron chi connectivity index (χ3n) is 3.13. The molecule has 104 valence electrons. The number of rotatable bonds is 5. The first-order valence-electron chi connectivity index (χ1n) is 6.11. The highest BCUT2D eigenvalue weighted by Crippen LogP contribution is 2.26. The molecule has 1 aliphatic rings. The van der Waals surface area contributed by atoms with E-state index in [1.54, 1.807) is 18.2 Å². The van der Waals surface area contributed by atoms with Crippen molar-refractivity contribution in [3.63, 3.8) is 0 Å². The van der Waals surface area contributed by atoms with E-state index in [0.717, 1.165) is 6.42 Å². The lowest BCUT2D eigenvalue weighted by Crippen LogP contribution is -2.29. The summed E-state index contributed by atoms with van der Waals surface area (Å²) < 4.78 is 29.8. The fraction of sp³-hybridized carbons (Fsp3) is 0.462. The molecular weight excluding hydrogens is 268 g/mol. The summed E-state index contributed by atoms with van der Waals surface area (Å²) in [6.07, 6.45) is 1.11. The predicted octanol–water partition coefficient (Wildman–Crippen LogP) is 1.41. The van der Waals surface area contributed by atoms with Gasteiger partial charge in [0.05, 0.1) is 11.9 Å². The third-order valence-corrected chi connectivity index (χ3v) is 5.16. The molecule has 0 saturated carbocycles. The van der Waals surface area contributed by atoms with E-state index in [1.807, 2.05) is 0 Å². The lowest BCUT2D eigenvalue weighted by atomic mass is 10.1. The molecule has 1 N–H and O–H groups in total. The summed E-state index contributed by atoms with van der Waals surface area (Å²) in [5, 5.41) is 7.70. The van der Waals surface area contributed by atoms with E-state index >= 15 is 0 Å². The molecule has 6 heteroatoms. The molecule has 1 fully saturated rings. The molecule has 1 aliphatic heterocycles.